The number of aliphatic hydroxyl groups is 2. The molecule has 4 heteroatoms. The van der Waals surface area contributed by atoms with Gasteiger partial charge in [0.25, 0.3) is 0 Å². The number of Topliss-reactive ketones (excluding diaryl/α,β-unsaturated/α-hetero) is 1. The van der Waals surface area contributed by atoms with E-state index < -0.39 is 6.10 Å². The van der Waals surface area contributed by atoms with Gasteiger partial charge in [0.2, 0.25) is 0 Å². The van der Waals surface area contributed by atoms with Gasteiger partial charge in [-0.05, 0) is 51.1 Å². The number of rotatable bonds is 1. The van der Waals surface area contributed by atoms with Crippen molar-refractivity contribution in [2.75, 3.05) is 19.7 Å². The lowest BCUT2D eigenvalue weighted by molar-refractivity contribution is -0.142. The first-order chi connectivity index (χ1) is 9.68. The number of carbonyl (C=O) groups excluding carboxylic acids is 1. The molecule has 0 amide bonds. The van der Waals surface area contributed by atoms with Crippen molar-refractivity contribution < 1.29 is 15.0 Å². The molecule has 0 radical (unpaired) electrons. The van der Waals surface area contributed by atoms with Gasteiger partial charge in [-0.15, -0.1) is 0 Å². The van der Waals surface area contributed by atoms with Crippen LogP contribution in [0, 0.1) is 23.2 Å². The molecule has 2 N–H and O–H groups in total. The fourth-order valence-electron chi connectivity index (χ4n) is 6.14. The number of aliphatic hydroxyl groups excluding tert-OH is 2. The van der Waals surface area contributed by atoms with Gasteiger partial charge in [0.15, 0.2) is 0 Å². The third-order valence-electron chi connectivity index (χ3n) is 6.86. The molecule has 0 aromatic heterocycles. The summed E-state index contributed by atoms with van der Waals surface area (Å²) in [6.45, 7) is 2.28. The second-order valence-electron chi connectivity index (χ2n) is 7.41. The summed E-state index contributed by atoms with van der Waals surface area (Å²) in [4.78, 5) is 15.1. The van der Waals surface area contributed by atoms with Crippen LogP contribution in [0.15, 0.2) is 0 Å². The lowest BCUT2D eigenvalue weighted by atomic mass is 9.54. The van der Waals surface area contributed by atoms with Crippen molar-refractivity contribution in [2.24, 2.45) is 23.2 Å². The molecule has 2 saturated carbocycles. The summed E-state index contributed by atoms with van der Waals surface area (Å²) in [6, 6.07) is 0.417. The summed E-state index contributed by atoms with van der Waals surface area (Å²) in [7, 11) is 0. The summed E-state index contributed by atoms with van der Waals surface area (Å²) < 4.78 is 0. The highest BCUT2D eigenvalue weighted by Gasteiger charge is 2.65. The molecule has 112 valence electrons. The molecule has 1 unspecified atom stereocenters. The lowest BCUT2D eigenvalue weighted by Crippen LogP contribution is -2.62. The fraction of sp³-hybridized carbons (Fsp3) is 0.938. The van der Waals surface area contributed by atoms with Crippen molar-refractivity contribution >= 4 is 5.78 Å². The standard InChI is InChI=1S/C16H25NO3/c18-9-10-7-14-16-4-2-6-17(14)5-1-3-11(16)13(19)8-12(16)15(10)20/h10-12,14-15,18,20H,1-9H2/t10-,11-,12-,14+,15+,16-/m1/s1. The zero-order valence-corrected chi connectivity index (χ0v) is 12.0. The Hall–Kier alpha value is -0.450. The van der Waals surface area contributed by atoms with Gasteiger partial charge >= 0.3 is 0 Å². The lowest BCUT2D eigenvalue weighted by Gasteiger charge is -2.58. The van der Waals surface area contributed by atoms with Crippen molar-refractivity contribution in [1.29, 1.82) is 0 Å². The normalized spacial score (nSPS) is 54.4. The Kier molecular flexibility index (Phi) is 2.99. The molecular formula is C16H25NO3. The van der Waals surface area contributed by atoms with Crippen LogP contribution >= 0.6 is 0 Å². The number of hydrogen-bond donors (Lipinski definition) is 2. The van der Waals surface area contributed by atoms with E-state index in [-0.39, 0.29) is 29.8 Å². The van der Waals surface area contributed by atoms with E-state index in [9.17, 15) is 15.0 Å². The third-order valence-corrected chi connectivity index (χ3v) is 6.86. The molecule has 2 aliphatic carbocycles. The first-order valence-corrected chi connectivity index (χ1v) is 8.24. The third kappa shape index (κ3) is 1.50. The summed E-state index contributed by atoms with van der Waals surface area (Å²) in [5.74, 6) is 0.624. The molecule has 20 heavy (non-hydrogen) atoms. The molecule has 4 nitrogen and oxygen atoms in total. The molecule has 2 bridgehead atoms. The van der Waals surface area contributed by atoms with E-state index in [0.29, 0.717) is 18.2 Å². The van der Waals surface area contributed by atoms with Gasteiger partial charge in [0, 0.05) is 36.3 Å². The molecule has 2 aliphatic heterocycles. The second-order valence-corrected chi connectivity index (χ2v) is 7.41. The summed E-state index contributed by atoms with van der Waals surface area (Å²) in [5.41, 5.74) is 0.0247. The van der Waals surface area contributed by atoms with Crippen molar-refractivity contribution in [3.8, 4) is 0 Å². The molecule has 4 aliphatic rings. The highest BCUT2D eigenvalue weighted by molar-refractivity contribution is 5.85. The van der Waals surface area contributed by atoms with E-state index in [1.807, 2.05) is 0 Å². The number of piperidine rings is 1. The maximum absolute atomic E-state index is 12.5. The molecule has 4 rings (SSSR count). The van der Waals surface area contributed by atoms with Crippen LogP contribution in [0.25, 0.3) is 0 Å². The van der Waals surface area contributed by atoms with Crippen molar-refractivity contribution in [3.63, 3.8) is 0 Å². The van der Waals surface area contributed by atoms with Crippen LogP contribution in [-0.4, -0.2) is 52.7 Å². The maximum atomic E-state index is 12.5. The Morgan fingerprint density at radius 3 is 2.90 bits per heavy atom. The highest BCUT2D eigenvalue weighted by atomic mass is 16.3. The minimum absolute atomic E-state index is 0.0247. The largest absolute Gasteiger partial charge is 0.396 e. The zero-order chi connectivity index (χ0) is 13.9. The Morgan fingerprint density at radius 2 is 2.10 bits per heavy atom. The van der Waals surface area contributed by atoms with Gasteiger partial charge < -0.3 is 10.2 Å². The molecule has 1 spiro atoms. The van der Waals surface area contributed by atoms with E-state index in [4.69, 9.17) is 0 Å². The van der Waals surface area contributed by atoms with Crippen LogP contribution < -0.4 is 0 Å². The van der Waals surface area contributed by atoms with Crippen LogP contribution in [0.3, 0.4) is 0 Å². The quantitative estimate of drug-likeness (QED) is 0.746. The van der Waals surface area contributed by atoms with E-state index in [1.54, 1.807) is 0 Å². The van der Waals surface area contributed by atoms with Crippen LogP contribution in [0.2, 0.25) is 0 Å². The van der Waals surface area contributed by atoms with Crippen LogP contribution in [0.5, 0.6) is 0 Å². The summed E-state index contributed by atoms with van der Waals surface area (Å²) in [6.07, 6.45) is 5.32. The van der Waals surface area contributed by atoms with Crippen molar-refractivity contribution in [3.05, 3.63) is 0 Å². The Bertz CT molecular complexity index is 426. The average molecular weight is 279 g/mol. The van der Waals surface area contributed by atoms with Crippen LogP contribution in [-0.2, 0) is 4.79 Å². The molecule has 0 aromatic carbocycles. The predicted molar refractivity (Wildman–Crippen MR) is 74.1 cm³/mol. The van der Waals surface area contributed by atoms with Crippen molar-refractivity contribution in [2.45, 2.75) is 50.7 Å². The number of nitrogens with zero attached hydrogens (tertiary/aromatic N) is 1. The number of hydrogen-bond acceptors (Lipinski definition) is 4. The molecular weight excluding hydrogens is 254 g/mol. The first-order valence-electron chi connectivity index (χ1n) is 8.24. The van der Waals surface area contributed by atoms with Crippen LogP contribution in [0.4, 0.5) is 0 Å². The molecule has 4 fully saturated rings. The van der Waals surface area contributed by atoms with Gasteiger partial charge in [-0.25, -0.2) is 0 Å². The summed E-state index contributed by atoms with van der Waals surface area (Å²) in [5, 5.41) is 20.3. The smallest absolute Gasteiger partial charge is 0.137 e. The van der Waals surface area contributed by atoms with Crippen molar-refractivity contribution in [1.82, 2.24) is 4.90 Å². The predicted octanol–water partition coefficient (Wildman–Crippen LogP) is 0.809. The van der Waals surface area contributed by atoms with Gasteiger partial charge in [0.05, 0.1) is 6.10 Å². The minimum atomic E-state index is -0.483. The topological polar surface area (TPSA) is 60.8 Å². The van der Waals surface area contributed by atoms with Crippen LogP contribution in [0.1, 0.15) is 38.5 Å². The number of ketones is 1. The monoisotopic (exact) mass is 279 g/mol. The minimum Gasteiger partial charge on any atom is -0.396 e. The molecule has 2 heterocycles. The Morgan fingerprint density at radius 1 is 1.30 bits per heavy atom. The summed E-state index contributed by atoms with van der Waals surface area (Å²) >= 11 is 0. The van der Waals surface area contributed by atoms with E-state index in [2.05, 4.69) is 4.90 Å². The SMILES string of the molecule is O=C1C[C@@H]2[C@@H](O)[C@@H](CO)C[C@@H]3N4CCC[C@H]1[C@]23CCC4. The first kappa shape index (κ1) is 13.2. The van der Waals surface area contributed by atoms with E-state index in [1.165, 1.54) is 0 Å². The zero-order valence-electron chi connectivity index (χ0n) is 12.0. The van der Waals surface area contributed by atoms with Gasteiger partial charge in [0.1, 0.15) is 5.78 Å². The fourth-order valence-corrected chi connectivity index (χ4v) is 6.14. The Balaban J connectivity index is 1.82. The second kappa shape index (κ2) is 4.52. The Labute approximate surface area is 120 Å². The van der Waals surface area contributed by atoms with Gasteiger partial charge in [-0.2, -0.15) is 0 Å². The maximum Gasteiger partial charge on any atom is 0.137 e. The van der Waals surface area contributed by atoms with E-state index >= 15 is 0 Å². The van der Waals surface area contributed by atoms with Gasteiger partial charge in [-0.1, -0.05) is 0 Å². The number of carbonyl (C=O) groups is 1. The molecule has 2 saturated heterocycles. The molecule has 0 aromatic rings. The highest BCUT2D eigenvalue weighted by Crippen LogP contribution is 2.62. The van der Waals surface area contributed by atoms with Gasteiger partial charge in [-0.3, -0.25) is 9.69 Å². The average Bonchev–Trinajstić information content (AvgIpc) is 2.68. The van der Waals surface area contributed by atoms with E-state index in [0.717, 1.165) is 45.2 Å². The molecule has 7 atom stereocenters.